The Morgan fingerprint density at radius 1 is 1.56 bits per heavy atom. The third-order valence-corrected chi connectivity index (χ3v) is 2.71. The second-order valence-corrected chi connectivity index (χ2v) is 4.27. The number of aliphatic imine (C=N–C) groups is 1. The number of ether oxygens (including phenoxy) is 2. The smallest absolute Gasteiger partial charge is 0.191 e. The van der Waals surface area contributed by atoms with Crippen molar-refractivity contribution in [1.82, 2.24) is 10.6 Å². The van der Waals surface area contributed by atoms with Gasteiger partial charge in [-0.05, 0) is 19.3 Å². The van der Waals surface area contributed by atoms with Crippen LogP contribution in [-0.2, 0) is 9.47 Å². The van der Waals surface area contributed by atoms with Crippen LogP contribution in [-0.4, -0.2) is 52.0 Å². The van der Waals surface area contributed by atoms with Gasteiger partial charge in [0.2, 0.25) is 0 Å². The molecule has 0 amide bonds. The zero-order valence-electron chi connectivity index (χ0n) is 11.3. The molecule has 2 N–H and O–H groups in total. The number of methoxy groups -OCH3 is 1. The standard InChI is InChI=1S/C13H25N3O2/c1-3-7-14-13(15-8-5-9-17-2)16-11-12-6-4-10-18-12/h3,12H,1,4-11H2,2H3,(H2,14,15,16)/t12-/m1/s1. The average Bonchev–Trinajstić information content (AvgIpc) is 2.90. The molecule has 0 bridgehead atoms. The lowest BCUT2D eigenvalue weighted by Gasteiger charge is -2.12. The van der Waals surface area contributed by atoms with Crippen molar-refractivity contribution >= 4 is 5.96 Å². The average molecular weight is 255 g/mol. The maximum absolute atomic E-state index is 5.55. The first-order valence-corrected chi connectivity index (χ1v) is 6.60. The van der Waals surface area contributed by atoms with Crippen LogP contribution in [0.4, 0.5) is 0 Å². The highest BCUT2D eigenvalue weighted by Gasteiger charge is 2.14. The van der Waals surface area contributed by atoms with Crippen molar-refractivity contribution in [2.45, 2.75) is 25.4 Å². The maximum atomic E-state index is 5.55. The molecule has 104 valence electrons. The second kappa shape index (κ2) is 9.91. The summed E-state index contributed by atoms with van der Waals surface area (Å²) in [6.45, 7) is 7.60. The van der Waals surface area contributed by atoms with Crippen LogP contribution in [0.2, 0.25) is 0 Å². The van der Waals surface area contributed by atoms with Crippen molar-refractivity contribution < 1.29 is 9.47 Å². The molecule has 0 aromatic heterocycles. The Hall–Kier alpha value is -1.07. The lowest BCUT2D eigenvalue weighted by molar-refractivity contribution is 0.117. The second-order valence-electron chi connectivity index (χ2n) is 4.27. The van der Waals surface area contributed by atoms with Crippen molar-refractivity contribution in [2.75, 3.05) is 40.0 Å². The SMILES string of the molecule is C=CCNC(=NC[C@H]1CCCO1)NCCCOC. The third-order valence-electron chi connectivity index (χ3n) is 2.71. The van der Waals surface area contributed by atoms with Crippen molar-refractivity contribution in [2.24, 2.45) is 4.99 Å². The molecule has 1 fully saturated rings. The molecule has 1 aliphatic rings. The summed E-state index contributed by atoms with van der Waals surface area (Å²) < 4.78 is 10.6. The molecule has 1 heterocycles. The summed E-state index contributed by atoms with van der Waals surface area (Å²) in [5.74, 6) is 0.821. The Bertz CT molecular complexity index is 251. The van der Waals surface area contributed by atoms with Gasteiger partial charge in [0, 0.05) is 33.4 Å². The molecular weight excluding hydrogens is 230 g/mol. The normalized spacial score (nSPS) is 19.8. The van der Waals surface area contributed by atoms with Crippen LogP contribution in [0.3, 0.4) is 0 Å². The molecule has 1 rings (SSSR count). The van der Waals surface area contributed by atoms with E-state index in [4.69, 9.17) is 9.47 Å². The predicted octanol–water partition coefficient (Wildman–Crippen LogP) is 0.923. The largest absolute Gasteiger partial charge is 0.385 e. The summed E-state index contributed by atoms with van der Waals surface area (Å²) >= 11 is 0. The fraction of sp³-hybridized carbons (Fsp3) is 0.769. The van der Waals surface area contributed by atoms with Gasteiger partial charge in [-0.1, -0.05) is 6.08 Å². The Labute approximate surface area is 110 Å². The van der Waals surface area contributed by atoms with Crippen LogP contribution >= 0.6 is 0 Å². The number of guanidine groups is 1. The highest BCUT2D eigenvalue weighted by molar-refractivity contribution is 5.79. The third kappa shape index (κ3) is 6.61. The molecule has 0 unspecified atom stereocenters. The van der Waals surface area contributed by atoms with E-state index in [2.05, 4.69) is 22.2 Å². The van der Waals surface area contributed by atoms with Gasteiger partial charge in [0.15, 0.2) is 5.96 Å². The van der Waals surface area contributed by atoms with E-state index in [1.807, 2.05) is 6.08 Å². The zero-order valence-corrected chi connectivity index (χ0v) is 11.3. The molecule has 5 heteroatoms. The topological polar surface area (TPSA) is 54.9 Å². The Morgan fingerprint density at radius 3 is 3.11 bits per heavy atom. The van der Waals surface area contributed by atoms with Gasteiger partial charge < -0.3 is 20.1 Å². The van der Waals surface area contributed by atoms with E-state index < -0.39 is 0 Å². The maximum Gasteiger partial charge on any atom is 0.191 e. The molecule has 1 atom stereocenters. The van der Waals surface area contributed by atoms with Crippen molar-refractivity contribution in [3.63, 3.8) is 0 Å². The van der Waals surface area contributed by atoms with Crippen LogP contribution in [0.25, 0.3) is 0 Å². The van der Waals surface area contributed by atoms with Gasteiger partial charge in [-0.25, -0.2) is 0 Å². The monoisotopic (exact) mass is 255 g/mol. The van der Waals surface area contributed by atoms with E-state index in [-0.39, 0.29) is 6.10 Å². The molecule has 0 aromatic carbocycles. The van der Waals surface area contributed by atoms with Gasteiger partial charge in [-0.15, -0.1) is 6.58 Å². The van der Waals surface area contributed by atoms with E-state index in [0.717, 1.165) is 51.5 Å². The highest BCUT2D eigenvalue weighted by Crippen LogP contribution is 2.11. The predicted molar refractivity (Wildman–Crippen MR) is 74.0 cm³/mol. The lowest BCUT2D eigenvalue weighted by Crippen LogP contribution is -2.38. The minimum atomic E-state index is 0.284. The van der Waals surface area contributed by atoms with Gasteiger partial charge in [-0.3, -0.25) is 4.99 Å². The van der Waals surface area contributed by atoms with Crippen molar-refractivity contribution in [3.8, 4) is 0 Å². The highest BCUT2D eigenvalue weighted by atomic mass is 16.5. The number of hydrogen-bond donors (Lipinski definition) is 2. The summed E-state index contributed by atoms with van der Waals surface area (Å²) in [5, 5.41) is 6.46. The summed E-state index contributed by atoms with van der Waals surface area (Å²) in [4.78, 5) is 4.52. The molecule has 5 nitrogen and oxygen atoms in total. The fourth-order valence-corrected chi connectivity index (χ4v) is 1.75. The van der Waals surface area contributed by atoms with Crippen molar-refractivity contribution in [3.05, 3.63) is 12.7 Å². The van der Waals surface area contributed by atoms with Crippen LogP contribution in [0.15, 0.2) is 17.6 Å². The lowest BCUT2D eigenvalue weighted by atomic mass is 10.2. The molecule has 18 heavy (non-hydrogen) atoms. The minimum absolute atomic E-state index is 0.284. The van der Waals surface area contributed by atoms with Gasteiger partial charge >= 0.3 is 0 Å². The molecule has 1 saturated heterocycles. The van der Waals surface area contributed by atoms with Crippen LogP contribution < -0.4 is 10.6 Å². The Kier molecular flexibility index (Phi) is 8.25. The van der Waals surface area contributed by atoms with Crippen LogP contribution in [0, 0.1) is 0 Å². The van der Waals surface area contributed by atoms with Gasteiger partial charge in [0.25, 0.3) is 0 Å². The van der Waals surface area contributed by atoms with E-state index in [1.165, 1.54) is 0 Å². The molecule has 0 aromatic rings. The van der Waals surface area contributed by atoms with Gasteiger partial charge in [0.05, 0.1) is 12.6 Å². The fourth-order valence-electron chi connectivity index (χ4n) is 1.75. The van der Waals surface area contributed by atoms with E-state index in [0.29, 0.717) is 6.54 Å². The minimum Gasteiger partial charge on any atom is -0.385 e. The first-order chi connectivity index (χ1) is 8.86. The first-order valence-electron chi connectivity index (χ1n) is 6.60. The summed E-state index contributed by atoms with van der Waals surface area (Å²) in [6, 6.07) is 0. The number of rotatable bonds is 8. The number of hydrogen-bond acceptors (Lipinski definition) is 3. The van der Waals surface area contributed by atoms with Gasteiger partial charge in [-0.2, -0.15) is 0 Å². The number of nitrogens with zero attached hydrogens (tertiary/aromatic N) is 1. The van der Waals surface area contributed by atoms with E-state index in [1.54, 1.807) is 7.11 Å². The molecular formula is C13H25N3O2. The zero-order chi connectivity index (χ0) is 13.1. The van der Waals surface area contributed by atoms with E-state index >= 15 is 0 Å². The Balaban J connectivity index is 2.27. The molecule has 0 radical (unpaired) electrons. The van der Waals surface area contributed by atoms with Crippen LogP contribution in [0.1, 0.15) is 19.3 Å². The van der Waals surface area contributed by atoms with Crippen LogP contribution in [0.5, 0.6) is 0 Å². The first kappa shape index (κ1) is 15.0. The Morgan fingerprint density at radius 2 is 2.44 bits per heavy atom. The quantitative estimate of drug-likeness (QED) is 0.293. The van der Waals surface area contributed by atoms with E-state index in [9.17, 15) is 0 Å². The molecule has 1 aliphatic heterocycles. The summed E-state index contributed by atoms with van der Waals surface area (Å²) in [6.07, 6.45) is 5.33. The molecule has 0 spiro atoms. The number of nitrogens with one attached hydrogen (secondary N) is 2. The summed E-state index contributed by atoms with van der Waals surface area (Å²) in [7, 11) is 1.71. The van der Waals surface area contributed by atoms with Crippen molar-refractivity contribution in [1.29, 1.82) is 0 Å². The summed E-state index contributed by atoms with van der Waals surface area (Å²) in [5.41, 5.74) is 0. The molecule has 0 aliphatic carbocycles. The van der Waals surface area contributed by atoms with Gasteiger partial charge in [0.1, 0.15) is 0 Å². The molecule has 0 saturated carbocycles.